The lowest BCUT2D eigenvalue weighted by atomic mass is 10.0. The van der Waals surface area contributed by atoms with Crippen LogP contribution in [0.15, 0.2) is 48.5 Å². The highest BCUT2D eigenvalue weighted by Crippen LogP contribution is 2.40. The molecular weight excluding hydrogens is 344 g/mol. The molecule has 0 unspecified atom stereocenters. The lowest BCUT2D eigenvalue weighted by Crippen LogP contribution is -2.41. The minimum Gasteiger partial charge on any atom is -0.489 e. The second-order valence-electron chi connectivity index (χ2n) is 6.81. The summed E-state index contributed by atoms with van der Waals surface area (Å²) in [5, 5.41) is 12.8. The number of para-hydroxylation sites is 2. The Morgan fingerprint density at radius 1 is 1.19 bits per heavy atom. The number of β-amino-alcohol motifs (C(OH)–C–C–N with tert-alkyl or cyclic N) is 1. The second kappa shape index (κ2) is 6.97. The molecule has 0 radical (unpaired) electrons. The van der Waals surface area contributed by atoms with Crippen molar-refractivity contribution in [2.24, 2.45) is 0 Å². The van der Waals surface area contributed by atoms with Gasteiger partial charge in [-0.1, -0.05) is 42.0 Å². The number of nitrogens with zero attached hydrogens (tertiary/aromatic N) is 2. The average molecular weight is 370 g/mol. The van der Waals surface area contributed by atoms with E-state index in [9.17, 15) is 5.11 Å². The van der Waals surface area contributed by atoms with Gasteiger partial charge in [0.15, 0.2) is 18.0 Å². The summed E-state index contributed by atoms with van der Waals surface area (Å²) >= 11 is 1.82. The van der Waals surface area contributed by atoms with Crippen molar-refractivity contribution < 1.29 is 14.4 Å². The number of hydrogen-bond donors (Lipinski definition) is 1. The molecule has 0 fully saturated rings. The highest BCUT2D eigenvalue weighted by atomic mass is 32.2. The molecular formula is C21H25N2O2S+. The van der Waals surface area contributed by atoms with E-state index < -0.39 is 5.72 Å². The van der Waals surface area contributed by atoms with Gasteiger partial charge in [-0.25, -0.2) is 9.48 Å². The van der Waals surface area contributed by atoms with E-state index in [2.05, 4.69) is 34.6 Å². The van der Waals surface area contributed by atoms with Crippen LogP contribution in [0.25, 0.3) is 0 Å². The normalized spacial score (nSPS) is 22.5. The smallest absolute Gasteiger partial charge is 0.316 e. The van der Waals surface area contributed by atoms with Crippen LogP contribution in [-0.2, 0) is 5.72 Å². The van der Waals surface area contributed by atoms with Crippen LogP contribution >= 0.6 is 11.8 Å². The van der Waals surface area contributed by atoms with E-state index in [4.69, 9.17) is 4.74 Å². The zero-order chi connectivity index (χ0) is 18.1. The Bertz CT molecular complexity index is 834. The first-order valence-electron chi connectivity index (χ1n) is 9.20. The molecule has 1 N–H and O–H groups in total. The minimum absolute atomic E-state index is 0.502. The Balaban J connectivity index is 1.79. The summed E-state index contributed by atoms with van der Waals surface area (Å²) in [6.45, 7) is 6.06. The highest BCUT2D eigenvalue weighted by molar-refractivity contribution is 8.13. The average Bonchev–Trinajstić information content (AvgIpc) is 2.97. The predicted molar refractivity (Wildman–Crippen MR) is 107 cm³/mol. The largest absolute Gasteiger partial charge is 0.489 e. The van der Waals surface area contributed by atoms with Crippen LogP contribution in [-0.4, -0.2) is 40.3 Å². The van der Waals surface area contributed by atoms with Gasteiger partial charge in [-0.3, -0.25) is 0 Å². The Labute approximate surface area is 159 Å². The van der Waals surface area contributed by atoms with E-state index >= 15 is 0 Å². The van der Waals surface area contributed by atoms with Gasteiger partial charge in [-0.2, -0.15) is 0 Å². The van der Waals surface area contributed by atoms with Crippen molar-refractivity contribution >= 4 is 22.6 Å². The summed E-state index contributed by atoms with van der Waals surface area (Å²) < 4.78 is 8.02. The summed E-state index contributed by atoms with van der Waals surface area (Å²) in [6.07, 6.45) is 1.07. The monoisotopic (exact) mass is 369 g/mol. The van der Waals surface area contributed by atoms with Gasteiger partial charge < -0.3 is 9.84 Å². The Morgan fingerprint density at radius 2 is 1.96 bits per heavy atom. The molecule has 136 valence electrons. The molecule has 1 atom stereocenters. The van der Waals surface area contributed by atoms with Gasteiger partial charge in [-0.15, -0.1) is 0 Å². The Kier molecular flexibility index (Phi) is 4.67. The van der Waals surface area contributed by atoms with Crippen molar-refractivity contribution in [2.75, 3.05) is 30.3 Å². The maximum Gasteiger partial charge on any atom is 0.316 e. The molecule has 4 rings (SSSR count). The predicted octanol–water partition coefficient (Wildman–Crippen LogP) is 3.56. The summed E-state index contributed by atoms with van der Waals surface area (Å²) in [6, 6.07) is 16.3. The van der Waals surface area contributed by atoms with E-state index in [-0.39, 0.29) is 0 Å². The molecule has 2 aromatic rings. The van der Waals surface area contributed by atoms with E-state index in [1.807, 2.05) is 49.0 Å². The topological polar surface area (TPSA) is 35.7 Å². The van der Waals surface area contributed by atoms with Crippen molar-refractivity contribution in [3.63, 3.8) is 0 Å². The number of hydrogen-bond acceptors (Lipinski definition) is 4. The molecule has 2 aliphatic heterocycles. The van der Waals surface area contributed by atoms with Crippen LogP contribution in [0.5, 0.6) is 5.75 Å². The Morgan fingerprint density at radius 3 is 2.73 bits per heavy atom. The molecule has 2 heterocycles. The third-order valence-electron chi connectivity index (χ3n) is 5.01. The maximum atomic E-state index is 11.7. The maximum absolute atomic E-state index is 11.7. The van der Waals surface area contributed by atoms with Crippen molar-refractivity contribution in [1.82, 2.24) is 0 Å². The quantitative estimate of drug-likeness (QED) is 0.836. The van der Waals surface area contributed by atoms with Gasteiger partial charge in [0.2, 0.25) is 0 Å². The molecule has 26 heavy (non-hydrogen) atoms. The first-order chi connectivity index (χ1) is 12.6. The lowest BCUT2D eigenvalue weighted by molar-refractivity contribution is -0.656. The highest BCUT2D eigenvalue weighted by Gasteiger charge is 2.53. The van der Waals surface area contributed by atoms with Gasteiger partial charge in [0.25, 0.3) is 5.72 Å². The molecule has 4 nitrogen and oxygen atoms in total. The molecule has 2 aliphatic rings. The number of rotatable bonds is 4. The molecule has 0 saturated heterocycles. The fraction of sp³-hybridized carbons (Fsp3) is 0.381. The van der Waals surface area contributed by atoms with Gasteiger partial charge in [0.1, 0.15) is 0 Å². The number of benzene rings is 2. The summed E-state index contributed by atoms with van der Waals surface area (Å²) in [5.74, 6) is 1.94. The third-order valence-corrected chi connectivity index (χ3v) is 6.21. The van der Waals surface area contributed by atoms with E-state index in [0.29, 0.717) is 13.2 Å². The fourth-order valence-electron chi connectivity index (χ4n) is 3.71. The van der Waals surface area contributed by atoms with Gasteiger partial charge in [-0.05, 0) is 44.2 Å². The molecule has 0 bridgehead atoms. The van der Waals surface area contributed by atoms with Crippen LogP contribution in [0.4, 0.5) is 5.69 Å². The third kappa shape index (κ3) is 2.89. The van der Waals surface area contributed by atoms with E-state index in [1.165, 1.54) is 5.56 Å². The van der Waals surface area contributed by atoms with Crippen LogP contribution in [0.1, 0.15) is 24.5 Å². The molecule has 0 amide bonds. The number of ether oxygens (including phenoxy) is 1. The number of aryl methyl sites for hydroxylation is 1. The van der Waals surface area contributed by atoms with Crippen LogP contribution in [0, 0.1) is 6.92 Å². The number of anilines is 1. The summed E-state index contributed by atoms with van der Waals surface area (Å²) in [7, 11) is 0. The van der Waals surface area contributed by atoms with Crippen LogP contribution in [0.3, 0.4) is 0 Å². The number of amidine groups is 1. The van der Waals surface area contributed by atoms with E-state index in [0.717, 1.165) is 40.9 Å². The molecule has 0 saturated carbocycles. The Hall–Kier alpha value is -1.98. The van der Waals surface area contributed by atoms with Crippen LogP contribution < -0.4 is 9.64 Å². The van der Waals surface area contributed by atoms with Gasteiger partial charge in [0, 0.05) is 11.3 Å². The molecule has 0 spiro atoms. The molecule has 0 aliphatic carbocycles. The van der Waals surface area contributed by atoms with E-state index in [1.54, 1.807) is 0 Å². The van der Waals surface area contributed by atoms with Gasteiger partial charge in [0.05, 0.1) is 13.2 Å². The first kappa shape index (κ1) is 17.4. The SMILES string of the molecule is CCOc1ccccc1N1C[C@](O)(c2ccc(C)cc2)[N+]2=C1SCCC2. The first-order valence-corrected chi connectivity index (χ1v) is 10.2. The summed E-state index contributed by atoms with van der Waals surface area (Å²) in [4.78, 5) is 2.22. The number of thioether (sulfide) groups is 1. The minimum atomic E-state index is -1.02. The fourth-order valence-corrected chi connectivity index (χ4v) is 4.89. The number of aliphatic hydroxyl groups is 1. The second-order valence-corrected chi connectivity index (χ2v) is 7.87. The molecule has 5 heteroatoms. The zero-order valence-electron chi connectivity index (χ0n) is 15.3. The van der Waals surface area contributed by atoms with Crippen molar-refractivity contribution in [3.8, 4) is 5.75 Å². The van der Waals surface area contributed by atoms with Crippen LogP contribution in [0.2, 0.25) is 0 Å². The standard InChI is InChI=1S/C21H25N2O2S/c1-3-25-19-8-5-4-7-18(19)22-15-21(24,17-11-9-16(2)10-12-17)23-13-6-14-26-20(22)23/h4-5,7-12,24H,3,6,13-15H2,1-2H3/q+1/t21-/m0/s1. The zero-order valence-corrected chi connectivity index (χ0v) is 16.1. The molecule has 2 aromatic carbocycles. The van der Waals surface area contributed by atoms with Crippen molar-refractivity contribution in [1.29, 1.82) is 0 Å². The lowest BCUT2D eigenvalue weighted by Gasteiger charge is -2.24. The van der Waals surface area contributed by atoms with Gasteiger partial charge >= 0.3 is 5.17 Å². The molecule has 0 aromatic heterocycles. The van der Waals surface area contributed by atoms with Crippen molar-refractivity contribution in [3.05, 3.63) is 59.7 Å². The summed E-state index contributed by atoms with van der Waals surface area (Å²) in [5.41, 5.74) is 2.15. The van der Waals surface area contributed by atoms with Crippen molar-refractivity contribution in [2.45, 2.75) is 26.0 Å².